The van der Waals surface area contributed by atoms with Crippen molar-refractivity contribution in [2.24, 2.45) is 0 Å². The highest BCUT2D eigenvalue weighted by atomic mass is 35.5. The largest absolute Gasteiger partial charge is 0.487 e. The number of amides is 1. The van der Waals surface area contributed by atoms with Gasteiger partial charge in [0.25, 0.3) is 5.91 Å². The molecule has 0 spiro atoms. The van der Waals surface area contributed by atoms with Crippen LogP contribution in [0.5, 0.6) is 5.75 Å². The van der Waals surface area contributed by atoms with Crippen molar-refractivity contribution in [3.8, 4) is 16.2 Å². The number of nitrogens with zero attached hydrogens (tertiary/aromatic N) is 1. The van der Waals surface area contributed by atoms with E-state index in [1.54, 1.807) is 11.0 Å². The smallest absolute Gasteiger partial charge is 0.264 e. The molecule has 0 aliphatic carbocycles. The van der Waals surface area contributed by atoms with Gasteiger partial charge >= 0.3 is 0 Å². The van der Waals surface area contributed by atoms with E-state index in [9.17, 15) is 9.59 Å². The number of Topliss-reactive ketones (excluding diaryl/α,β-unsaturated/α-hetero) is 1. The summed E-state index contributed by atoms with van der Waals surface area (Å²) in [6, 6.07) is 5.42. The van der Waals surface area contributed by atoms with Crippen molar-refractivity contribution in [2.75, 3.05) is 13.1 Å². The van der Waals surface area contributed by atoms with Crippen LogP contribution >= 0.6 is 34.5 Å². The summed E-state index contributed by atoms with van der Waals surface area (Å²) in [6.07, 6.45) is 0.441. The lowest BCUT2D eigenvalue weighted by atomic mass is 10.1. The summed E-state index contributed by atoms with van der Waals surface area (Å²) in [5.74, 6) is 0.565. The molecule has 0 bridgehead atoms. The van der Waals surface area contributed by atoms with E-state index in [4.69, 9.17) is 27.9 Å². The number of carbonyl (C=O) groups excluding carboxylic acids is 2. The third kappa shape index (κ3) is 2.43. The van der Waals surface area contributed by atoms with Crippen LogP contribution in [0.15, 0.2) is 18.2 Å². The van der Waals surface area contributed by atoms with Crippen molar-refractivity contribution in [1.29, 1.82) is 0 Å². The molecule has 2 aromatic rings. The molecule has 2 aliphatic rings. The molecule has 23 heavy (non-hydrogen) atoms. The summed E-state index contributed by atoms with van der Waals surface area (Å²) in [4.78, 5) is 27.1. The first-order valence-electron chi connectivity index (χ1n) is 7.09. The molecule has 2 aliphatic heterocycles. The third-order valence-corrected chi connectivity index (χ3v) is 5.99. The van der Waals surface area contributed by atoms with E-state index in [2.05, 4.69) is 0 Å². The monoisotopic (exact) mass is 367 g/mol. The van der Waals surface area contributed by atoms with E-state index in [0.717, 1.165) is 16.0 Å². The van der Waals surface area contributed by atoms with Crippen LogP contribution in [0.2, 0.25) is 10.0 Å². The third-order valence-electron chi connectivity index (χ3n) is 4.00. The molecule has 4 nitrogen and oxygen atoms in total. The van der Waals surface area contributed by atoms with Gasteiger partial charge in [0.05, 0.1) is 16.4 Å². The SMILES string of the molecule is O=C1CCN(C(=O)c2cc3c(s2)-c2ccc(Cl)c(Cl)c2OC3)C1. The van der Waals surface area contributed by atoms with Crippen LogP contribution in [0.25, 0.3) is 10.4 Å². The summed E-state index contributed by atoms with van der Waals surface area (Å²) in [5.41, 5.74) is 1.80. The van der Waals surface area contributed by atoms with Crippen molar-refractivity contribution < 1.29 is 14.3 Å². The zero-order valence-electron chi connectivity index (χ0n) is 11.9. The fourth-order valence-electron chi connectivity index (χ4n) is 2.83. The fraction of sp³-hybridized carbons (Fsp3) is 0.250. The molecule has 118 valence electrons. The highest BCUT2D eigenvalue weighted by Crippen LogP contribution is 2.47. The summed E-state index contributed by atoms with van der Waals surface area (Å²) in [6.45, 7) is 1.05. The van der Waals surface area contributed by atoms with Crippen molar-refractivity contribution in [3.05, 3.63) is 38.7 Å². The van der Waals surface area contributed by atoms with Gasteiger partial charge in [-0.05, 0) is 18.2 Å². The Morgan fingerprint density at radius 1 is 1.30 bits per heavy atom. The molecule has 1 saturated heterocycles. The number of ketones is 1. The average molecular weight is 368 g/mol. The molecular formula is C16H11Cl2NO3S. The zero-order chi connectivity index (χ0) is 16.1. The lowest BCUT2D eigenvalue weighted by molar-refractivity contribution is -0.116. The minimum absolute atomic E-state index is 0.100. The number of thiophene rings is 1. The van der Waals surface area contributed by atoms with E-state index in [-0.39, 0.29) is 18.2 Å². The Labute approximate surface area is 146 Å². The van der Waals surface area contributed by atoms with Crippen molar-refractivity contribution in [2.45, 2.75) is 13.0 Å². The Morgan fingerprint density at radius 3 is 2.87 bits per heavy atom. The standard InChI is InChI=1S/C16H11Cl2NO3S/c17-11-2-1-10-14(13(11)18)22-7-8-5-12(23-15(8)10)16(21)19-4-3-9(20)6-19/h1-2,5H,3-4,6-7H2. The number of hydrogen-bond acceptors (Lipinski definition) is 4. The summed E-state index contributed by atoms with van der Waals surface area (Å²) in [5, 5.41) is 0.832. The van der Waals surface area contributed by atoms with E-state index in [1.165, 1.54) is 11.3 Å². The second-order valence-corrected chi connectivity index (χ2v) is 7.34. The first-order valence-corrected chi connectivity index (χ1v) is 8.66. The van der Waals surface area contributed by atoms with Crippen LogP contribution in [-0.2, 0) is 11.4 Å². The molecule has 4 rings (SSSR count). The van der Waals surface area contributed by atoms with Crippen molar-refractivity contribution in [3.63, 3.8) is 0 Å². The van der Waals surface area contributed by atoms with Gasteiger partial charge in [-0.25, -0.2) is 0 Å². The van der Waals surface area contributed by atoms with Gasteiger partial charge in [0.1, 0.15) is 17.4 Å². The van der Waals surface area contributed by atoms with E-state index in [1.807, 2.05) is 12.1 Å². The fourth-order valence-corrected chi connectivity index (χ4v) is 4.36. The molecule has 0 radical (unpaired) electrons. The molecule has 1 aromatic heterocycles. The van der Waals surface area contributed by atoms with Gasteiger partial charge in [0.15, 0.2) is 5.78 Å². The minimum atomic E-state index is -0.100. The van der Waals surface area contributed by atoms with Crippen LogP contribution in [0.4, 0.5) is 0 Å². The first-order chi connectivity index (χ1) is 11.0. The second-order valence-electron chi connectivity index (χ2n) is 5.51. The van der Waals surface area contributed by atoms with Gasteiger partial charge < -0.3 is 9.64 Å². The summed E-state index contributed by atoms with van der Waals surface area (Å²) < 4.78 is 5.71. The van der Waals surface area contributed by atoms with E-state index in [0.29, 0.717) is 40.2 Å². The molecule has 0 saturated carbocycles. The number of rotatable bonds is 1. The Balaban J connectivity index is 1.73. The van der Waals surface area contributed by atoms with Gasteiger partial charge in [-0.2, -0.15) is 0 Å². The minimum Gasteiger partial charge on any atom is -0.487 e. The molecular weight excluding hydrogens is 357 g/mol. The maximum Gasteiger partial charge on any atom is 0.264 e. The summed E-state index contributed by atoms with van der Waals surface area (Å²) in [7, 11) is 0. The summed E-state index contributed by atoms with van der Waals surface area (Å²) >= 11 is 13.6. The lowest BCUT2D eigenvalue weighted by Crippen LogP contribution is -2.27. The van der Waals surface area contributed by atoms with Gasteiger partial charge in [-0.15, -0.1) is 11.3 Å². The first kappa shape index (κ1) is 15.0. The van der Waals surface area contributed by atoms with Gasteiger partial charge in [0.2, 0.25) is 0 Å². The highest BCUT2D eigenvalue weighted by Gasteiger charge is 2.29. The predicted molar refractivity (Wildman–Crippen MR) is 89.6 cm³/mol. The van der Waals surface area contributed by atoms with Gasteiger partial charge in [0, 0.05) is 29.0 Å². The second kappa shape index (κ2) is 5.51. The molecule has 1 aromatic carbocycles. The number of carbonyl (C=O) groups is 2. The molecule has 1 fully saturated rings. The number of halogens is 2. The Bertz CT molecular complexity index is 846. The number of hydrogen-bond donors (Lipinski definition) is 0. The van der Waals surface area contributed by atoms with Crippen LogP contribution in [-0.4, -0.2) is 29.7 Å². The molecule has 0 N–H and O–H groups in total. The lowest BCUT2D eigenvalue weighted by Gasteiger charge is -2.19. The zero-order valence-corrected chi connectivity index (χ0v) is 14.2. The van der Waals surface area contributed by atoms with Crippen LogP contribution < -0.4 is 4.74 Å². The maximum atomic E-state index is 12.5. The highest BCUT2D eigenvalue weighted by molar-refractivity contribution is 7.17. The molecule has 0 unspecified atom stereocenters. The maximum absolute atomic E-state index is 12.5. The Hall–Kier alpha value is -1.56. The van der Waals surface area contributed by atoms with Gasteiger partial charge in [-0.1, -0.05) is 23.2 Å². The van der Waals surface area contributed by atoms with Crippen LogP contribution in [0, 0.1) is 0 Å². The van der Waals surface area contributed by atoms with Crippen LogP contribution in [0.1, 0.15) is 21.7 Å². The normalized spacial score (nSPS) is 16.1. The molecule has 7 heteroatoms. The topological polar surface area (TPSA) is 46.6 Å². The Kier molecular flexibility index (Phi) is 3.59. The predicted octanol–water partition coefficient (Wildman–Crippen LogP) is 4.03. The quantitative estimate of drug-likeness (QED) is 0.764. The van der Waals surface area contributed by atoms with Crippen molar-refractivity contribution in [1.82, 2.24) is 4.90 Å². The number of fused-ring (bicyclic) bond motifs is 3. The number of likely N-dealkylation sites (tertiary alicyclic amines) is 1. The molecule has 0 atom stereocenters. The van der Waals surface area contributed by atoms with E-state index >= 15 is 0 Å². The van der Waals surface area contributed by atoms with Gasteiger partial charge in [-0.3, -0.25) is 9.59 Å². The molecule has 3 heterocycles. The number of ether oxygens (including phenoxy) is 1. The molecule has 1 amide bonds. The van der Waals surface area contributed by atoms with Crippen molar-refractivity contribution >= 4 is 46.2 Å². The average Bonchev–Trinajstić information content (AvgIpc) is 3.16. The number of benzene rings is 1. The van der Waals surface area contributed by atoms with E-state index < -0.39 is 0 Å². The Morgan fingerprint density at radius 2 is 2.13 bits per heavy atom. The van der Waals surface area contributed by atoms with Crippen LogP contribution in [0.3, 0.4) is 0 Å².